The second-order valence-electron chi connectivity index (χ2n) is 6.90. The molecular weight excluding hydrogens is 493 g/mol. The molecule has 0 spiro atoms. The van der Waals surface area contributed by atoms with Crippen LogP contribution in [0.15, 0.2) is 57.3 Å². The molecule has 1 atom stereocenters. The molecule has 0 aliphatic heterocycles. The van der Waals surface area contributed by atoms with E-state index in [-0.39, 0.29) is 12.1 Å². The second-order valence-corrected chi connectivity index (χ2v) is 7.82. The molecule has 2 rings (SSSR count). The Bertz CT molecular complexity index is 1070. The number of aliphatic imine (C=N–C) groups is 1. The number of ether oxygens (including phenoxy) is 1. The maximum atomic E-state index is 14.2. The molecule has 0 aliphatic carbocycles. The molecule has 8 nitrogen and oxygen atoms in total. The summed E-state index contributed by atoms with van der Waals surface area (Å²) in [6.07, 6.45) is 4.74. The Labute approximate surface area is 200 Å². The minimum Gasteiger partial charge on any atom is -0.482 e. The van der Waals surface area contributed by atoms with Crippen LogP contribution in [-0.4, -0.2) is 31.1 Å². The molecule has 0 fully saturated rings. The van der Waals surface area contributed by atoms with Gasteiger partial charge in [0.15, 0.2) is 11.6 Å². The first kappa shape index (κ1) is 26.0. The number of pyridine rings is 1. The van der Waals surface area contributed by atoms with Crippen molar-refractivity contribution in [3.8, 4) is 5.75 Å². The number of nitrogens with one attached hydrogen (secondary N) is 1. The molecule has 0 radical (unpaired) electrons. The van der Waals surface area contributed by atoms with Gasteiger partial charge in [-0.15, -0.1) is 0 Å². The number of anilines is 1. The molecule has 10 heteroatoms. The number of hydrogen-bond donors (Lipinski definition) is 3. The highest BCUT2D eigenvalue weighted by molar-refractivity contribution is 9.10. The topological polar surface area (TPSA) is 125 Å². The third-order valence-electron chi connectivity index (χ3n) is 4.60. The fourth-order valence-corrected chi connectivity index (χ4v) is 3.31. The van der Waals surface area contributed by atoms with Gasteiger partial charge in [0.2, 0.25) is 0 Å². The molecule has 2 aromatic rings. The highest BCUT2D eigenvalue weighted by atomic mass is 79.9. The molecule has 1 aromatic heterocycles. The van der Waals surface area contributed by atoms with E-state index in [9.17, 15) is 9.18 Å². The number of hydrogen-bond acceptors (Lipinski definition) is 8. The van der Waals surface area contributed by atoms with Gasteiger partial charge in [-0.3, -0.25) is 14.6 Å². The van der Waals surface area contributed by atoms with Gasteiger partial charge in [0.1, 0.15) is 18.2 Å². The monoisotopic (exact) mass is 519 g/mol. The summed E-state index contributed by atoms with van der Waals surface area (Å²) in [6.45, 7) is 4.20. The zero-order chi connectivity index (χ0) is 24.4. The van der Waals surface area contributed by atoms with Crippen molar-refractivity contribution >= 4 is 39.9 Å². The minimum absolute atomic E-state index is 0.179. The lowest BCUT2D eigenvalue weighted by Gasteiger charge is -2.21. The summed E-state index contributed by atoms with van der Waals surface area (Å²) in [7, 11) is 1.45. The van der Waals surface area contributed by atoms with Gasteiger partial charge in [-0.1, -0.05) is 0 Å². The maximum Gasteiger partial charge on any atom is 0.192 e. The number of benzene rings is 1. The van der Waals surface area contributed by atoms with Gasteiger partial charge in [0.25, 0.3) is 0 Å². The van der Waals surface area contributed by atoms with Gasteiger partial charge in [-0.05, 0) is 65.8 Å². The van der Waals surface area contributed by atoms with Crippen LogP contribution in [0.4, 0.5) is 10.2 Å². The van der Waals surface area contributed by atoms with Crippen LogP contribution in [0.2, 0.25) is 0 Å². The van der Waals surface area contributed by atoms with Gasteiger partial charge < -0.3 is 16.2 Å². The number of aldehydes is 1. The standard InChI is InChI=1S/C23H27BrFN5O3/c1-4-28-11-15(10-26)7-16(13-31)22(27)19-6-5-18(25)9-20(19)14(2)33-21-8-17(24)12-29-23(21)30-32-3/h5-6,8-14H,4,7,26-27H2,1-3H3,(H,29,30). The van der Waals surface area contributed by atoms with Crippen LogP contribution in [0.1, 0.15) is 37.5 Å². The second kappa shape index (κ2) is 12.7. The van der Waals surface area contributed by atoms with Gasteiger partial charge in [-0.2, -0.15) is 0 Å². The number of carbonyl (C=O) groups is 1. The van der Waals surface area contributed by atoms with Gasteiger partial charge in [0, 0.05) is 52.2 Å². The summed E-state index contributed by atoms with van der Waals surface area (Å²) in [4.78, 5) is 25.1. The highest BCUT2D eigenvalue weighted by Gasteiger charge is 2.19. The van der Waals surface area contributed by atoms with E-state index in [1.807, 2.05) is 6.92 Å². The fourth-order valence-electron chi connectivity index (χ4n) is 3.00. The van der Waals surface area contributed by atoms with Crippen LogP contribution in [0.25, 0.3) is 5.70 Å². The third kappa shape index (κ3) is 7.13. The van der Waals surface area contributed by atoms with Gasteiger partial charge in [-0.25, -0.2) is 14.9 Å². The molecule has 0 amide bonds. The SMILES string of the molecule is CCN=CC(=CN)CC(C=O)=C(N)c1ccc(F)cc1C(C)Oc1cc(Br)cnc1NOC. The minimum atomic E-state index is -0.651. The van der Waals surface area contributed by atoms with Crippen molar-refractivity contribution < 1.29 is 18.8 Å². The number of nitrogens with two attached hydrogens (primary N) is 2. The average molecular weight is 520 g/mol. The molecule has 1 unspecified atom stereocenters. The molecule has 33 heavy (non-hydrogen) atoms. The average Bonchev–Trinajstić information content (AvgIpc) is 2.80. The van der Waals surface area contributed by atoms with Crippen molar-refractivity contribution in [3.63, 3.8) is 0 Å². The number of rotatable bonds is 11. The quantitative estimate of drug-likeness (QED) is 0.175. The number of carbonyl (C=O) groups excluding carboxylic acids is 1. The number of allylic oxidation sites excluding steroid dienone is 2. The Morgan fingerprint density at radius 3 is 2.79 bits per heavy atom. The van der Waals surface area contributed by atoms with Crippen LogP contribution in [0.5, 0.6) is 5.75 Å². The Kier molecular flexibility index (Phi) is 10.0. The summed E-state index contributed by atoms with van der Waals surface area (Å²) in [5.74, 6) is 0.247. The van der Waals surface area contributed by atoms with E-state index < -0.39 is 11.9 Å². The van der Waals surface area contributed by atoms with Crippen molar-refractivity contribution in [1.29, 1.82) is 0 Å². The van der Waals surface area contributed by atoms with E-state index >= 15 is 0 Å². The van der Waals surface area contributed by atoms with Crippen LogP contribution in [-0.2, 0) is 9.63 Å². The summed E-state index contributed by atoms with van der Waals surface area (Å²) in [5, 5.41) is 0. The first-order valence-electron chi connectivity index (χ1n) is 10.1. The predicted molar refractivity (Wildman–Crippen MR) is 131 cm³/mol. The van der Waals surface area contributed by atoms with E-state index in [0.29, 0.717) is 51.1 Å². The smallest absolute Gasteiger partial charge is 0.192 e. The van der Waals surface area contributed by atoms with Crippen molar-refractivity contribution in [1.82, 2.24) is 4.98 Å². The van der Waals surface area contributed by atoms with Crippen LogP contribution >= 0.6 is 15.9 Å². The summed E-state index contributed by atoms with van der Waals surface area (Å²) in [6, 6.07) is 5.81. The van der Waals surface area contributed by atoms with E-state index in [0.717, 1.165) is 0 Å². The van der Waals surface area contributed by atoms with Crippen molar-refractivity contribution in [3.05, 3.63) is 69.2 Å². The molecular formula is C23H27BrFN5O3. The van der Waals surface area contributed by atoms with E-state index in [1.54, 1.807) is 25.4 Å². The lowest BCUT2D eigenvalue weighted by Crippen LogP contribution is -2.13. The van der Waals surface area contributed by atoms with Gasteiger partial charge in [0.05, 0.1) is 7.11 Å². The van der Waals surface area contributed by atoms with Crippen molar-refractivity contribution in [2.24, 2.45) is 16.5 Å². The lowest BCUT2D eigenvalue weighted by molar-refractivity contribution is -0.104. The highest BCUT2D eigenvalue weighted by Crippen LogP contribution is 2.33. The fraction of sp³-hybridized carbons (Fsp3) is 0.261. The van der Waals surface area contributed by atoms with E-state index in [4.69, 9.17) is 21.0 Å². The summed E-state index contributed by atoms with van der Waals surface area (Å²) in [5.41, 5.74) is 16.7. The number of nitrogens with zero attached hydrogens (tertiary/aromatic N) is 2. The zero-order valence-electron chi connectivity index (χ0n) is 18.6. The molecule has 1 aromatic carbocycles. The first-order chi connectivity index (χ1) is 15.8. The van der Waals surface area contributed by atoms with E-state index in [1.165, 1.54) is 31.5 Å². The maximum absolute atomic E-state index is 14.2. The first-order valence-corrected chi connectivity index (χ1v) is 10.9. The molecule has 0 saturated carbocycles. The van der Waals surface area contributed by atoms with Crippen LogP contribution in [0, 0.1) is 5.82 Å². The third-order valence-corrected chi connectivity index (χ3v) is 5.03. The molecule has 5 N–H and O–H groups in total. The van der Waals surface area contributed by atoms with E-state index in [2.05, 4.69) is 31.4 Å². The Morgan fingerprint density at radius 1 is 1.39 bits per heavy atom. The van der Waals surface area contributed by atoms with Crippen LogP contribution < -0.4 is 21.7 Å². The normalized spacial score (nSPS) is 13.5. The molecule has 176 valence electrons. The molecule has 0 bridgehead atoms. The van der Waals surface area contributed by atoms with Crippen molar-refractivity contribution in [2.75, 3.05) is 19.1 Å². The predicted octanol–water partition coefficient (Wildman–Crippen LogP) is 4.29. The molecule has 1 heterocycles. The molecule has 0 saturated heterocycles. The number of aromatic nitrogens is 1. The van der Waals surface area contributed by atoms with Crippen LogP contribution in [0.3, 0.4) is 0 Å². The molecule has 0 aliphatic rings. The van der Waals surface area contributed by atoms with Gasteiger partial charge >= 0.3 is 0 Å². The Hall–Kier alpha value is -3.24. The Morgan fingerprint density at radius 2 is 2.15 bits per heavy atom. The number of halogens is 2. The summed E-state index contributed by atoms with van der Waals surface area (Å²) < 4.78 is 20.9. The summed E-state index contributed by atoms with van der Waals surface area (Å²) >= 11 is 3.36. The Balaban J connectivity index is 2.48. The van der Waals surface area contributed by atoms with Crippen molar-refractivity contribution in [2.45, 2.75) is 26.4 Å². The lowest BCUT2D eigenvalue weighted by atomic mass is 9.95. The largest absolute Gasteiger partial charge is 0.482 e. The zero-order valence-corrected chi connectivity index (χ0v) is 20.2.